The molecular formula is C11H14N4O2S. The van der Waals surface area contributed by atoms with Gasteiger partial charge in [0.25, 0.3) is 10.0 Å². The highest BCUT2D eigenvalue weighted by molar-refractivity contribution is 7.89. The Morgan fingerprint density at radius 1 is 1.50 bits per heavy atom. The third-order valence-corrected chi connectivity index (χ3v) is 4.71. The minimum Gasteiger partial charge on any atom is -0.381 e. The van der Waals surface area contributed by atoms with E-state index in [9.17, 15) is 8.42 Å². The third-order valence-electron chi connectivity index (χ3n) is 3.18. The molecule has 0 aliphatic heterocycles. The summed E-state index contributed by atoms with van der Waals surface area (Å²) < 4.78 is 28.7. The van der Waals surface area contributed by atoms with E-state index in [1.807, 2.05) is 6.92 Å². The smallest absolute Gasteiger partial charge is 0.260 e. The van der Waals surface area contributed by atoms with Crippen molar-refractivity contribution in [2.75, 3.05) is 5.73 Å². The van der Waals surface area contributed by atoms with Gasteiger partial charge in [0.05, 0.1) is 0 Å². The Balaban J connectivity index is 2.10. The van der Waals surface area contributed by atoms with E-state index >= 15 is 0 Å². The van der Waals surface area contributed by atoms with Crippen LogP contribution in [-0.2, 0) is 10.0 Å². The van der Waals surface area contributed by atoms with Crippen molar-refractivity contribution in [2.24, 2.45) is 5.92 Å². The highest BCUT2D eigenvalue weighted by Crippen LogP contribution is 2.31. The number of nitrogen functional groups attached to an aromatic ring is 1. The van der Waals surface area contributed by atoms with Crippen LogP contribution in [0, 0.1) is 5.92 Å². The Morgan fingerprint density at radius 2 is 2.22 bits per heavy atom. The summed E-state index contributed by atoms with van der Waals surface area (Å²) >= 11 is 0. The standard InChI is InChI=1S/C11H14N4O2S/c1-7-6-8(7)14-18(16,17)11-10(12)13-9-4-2-3-5-15(9)11/h2-5,7-8,14H,6,12H2,1H3. The summed E-state index contributed by atoms with van der Waals surface area (Å²) in [5.41, 5.74) is 6.25. The van der Waals surface area contributed by atoms with Crippen LogP contribution in [0.2, 0.25) is 0 Å². The molecule has 3 rings (SSSR count). The molecule has 1 fully saturated rings. The maximum Gasteiger partial charge on any atom is 0.260 e. The monoisotopic (exact) mass is 266 g/mol. The molecule has 2 heterocycles. The van der Waals surface area contributed by atoms with Gasteiger partial charge in [-0.05, 0) is 24.5 Å². The number of nitrogens with one attached hydrogen (secondary N) is 1. The van der Waals surface area contributed by atoms with Crippen molar-refractivity contribution < 1.29 is 8.42 Å². The molecule has 0 bridgehead atoms. The maximum atomic E-state index is 12.3. The fourth-order valence-corrected chi connectivity index (χ4v) is 3.57. The van der Waals surface area contributed by atoms with Crippen LogP contribution in [0.4, 0.5) is 5.82 Å². The number of rotatable bonds is 3. The first-order valence-electron chi connectivity index (χ1n) is 5.74. The lowest BCUT2D eigenvalue weighted by molar-refractivity contribution is 0.574. The number of hydrogen-bond acceptors (Lipinski definition) is 4. The second-order valence-corrected chi connectivity index (χ2v) is 6.30. The average Bonchev–Trinajstić information content (AvgIpc) is 2.85. The van der Waals surface area contributed by atoms with E-state index in [2.05, 4.69) is 9.71 Å². The highest BCUT2D eigenvalue weighted by atomic mass is 32.2. The molecule has 2 atom stereocenters. The predicted octanol–water partition coefficient (Wildman–Crippen LogP) is 0.603. The van der Waals surface area contributed by atoms with Crippen LogP contribution in [0.1, 0.15) is 13.3 Å². The molecule has 0 radical (unpaired) electrons. The van der Waals surface area contributed by atoms with Gasteiger partial charge in [-0.15, -0.1) is 0 Å². The average molecular weight is 266 g/mol. The number of nitrogens with two attached hydrogens (primary N) is 1. The van der Waals surface area contributed by atoms with Crippen LogP contribution in [0.15, 0.2) is 29.4 Å². The number of pyridine rings is 1. The summed E-state index contributed by atoms with van der Waals surface area (Å²) in [6.45, 7) is 2.00. The number of hydrogen-bond donors (Lipinski definition) is 2. The first-order valence-corrected chi connectivity index (χ1v) is 7.22. The number of anilines is 1. The van der Waals surface area contributed by atoms with Gasteiger partial charge in [0.2, 0.25) is 0 Å². The van der Waals surface area contributed by atoms with E-state index in [0.717, 1.165) is 6.42 Å². The van der Waals surface area contributed by atoms with Crippen molar-refractivity contribution >= 4 is 21.5 Å². The van der Waals surface area contributed by atoms with E-state index in [-0.39, 0.29) is 16.9 Å². The highest BCUT2D eigenvalue weighted by Gasteiger charge is 2.38. The molecule has 6 nitrogen and oxygen atoms in total. The molecule has 18 heavy (non-hydrogen) atoms. The fourth-order valence-electron chi connectivity index (χ4n) is 2.00. The maximum absolute atomic E-state index is 12.3. The number of aromatic nitrogens is 2. The summed E-state index contributed by atoms with van der Waals surface area (Å²) in [7, 11) is -3.62. The van der Waals surface area contributed by atoms with Gasteiger partial charge in [0.15, 0.2) is 10.8 Å². The molecule has 2 aromatic rings. The van der Waals surface area contributed by atoms with Crippen LogP contribution in [0.5, 0.6) is 0 Å². The molecule has 0 aromatic carbocycles. The van der Waals surface area contributed by atoms with Crippen LogP contribution in [0.3, 0.4) is 0 Å². The van der Waals surface area contributed by atoms with Gasteiger partial charge < -0.3 is 5.73 Å². The third kappa shape index (κ3) is 1.75. The first kappa shape index (κ1) is 11.5. The van der Waals surface area contributed by atoms with Gasteiger partial charge in [0, 0.05) is 12.2 Å². The Hall–Kier alpha value is -1.60. The van der Waals surface area contributed by atoms with Gasteiger partial charge in [0.1, 0.15) is 5.65 Å². The topological polar surface area (TPSA) is 89.5 Å². The molecule has 3 N–H and O–H groups in total. The van der Waals surface area contributed by atoms with Crippen molar-refractivity contribution in [2.45, 2.75) is 24.4 Å². The first-order chi connectivity index (χ1) is 8.49. The van der Waals surface area contributed by atoms with Gasteiger partial charge >= 0.3 is 0 Å². The largest absolute Gasteiger partial charge is 0.381 e. The Labute approximate surface area is 105 Å². The Bertz CT molecular complexity index is 707. The van der Waals surface area contributed by atoms with Gasteiger partial charge in [-0.3, -0.25) is 4.40 Å². The van der Waals surface area contributed by atoms with Crippen molar-refractivity contribution in [1.29, 1.82) is 0 Å². The number of imidazole rings is 1. The molecule has 1 aliphatic rings. The zero-order valence-corrected chi connectivity index (χ0v) is 10.7. The molecule has 0 saturated heterocycles. The van der Waals surface area contributed by atoms with Crippen LogP contribution >= 0.6 is 0 Å². The summed E-state index contributed by atoms with van der Waals surface area (Å²) in [6, 6.07) is 5.26. The van der Waals surface area contributed by atoms with Crippen molar-refractivity contribution in [3.63, 3.8) is 0 Å². The van der Waals surface area contributed by atoms with Crippen LogP contribution in [0.25, 0.3) is 5.65 Å². The Kier molecular flexibility index (Phi) is 2.36. The van der Waals surface area contributed by atoms with Gasteiger partial charge in [-0.1, -0.05) is 13.0 Å². The molecule has 2 aromatic heterocycles. The zero-order valence-electron chi connectivity index (χ0n) is 9.87. The van der Waals surface area contributed by atoms with E-state index in [0.29, 0.717) is 11.6 Å². The van der Waals surface area contributed by atoms with Crippen molar-refractivity contribution in [1.82, 2.24) is 14.1 Å². The van der Waals surface area contributed by atoms with Crippen LogP contribution < -0.4 is 10.5 Å². The molecule has 1 aliphatic carbocycles. The minimum absolute atomic E-state index is 0.0173. The van der Waals surface area contributed by atoms with Gasteiger partial charge in [-0.2, -0.15) is 0 Å². The van der Waals surface area contributed by atoms with Gasteiger partial charge in [-0.25, -0.2) is 18.1 Å². The van der Waals surface area contributed by atoms with E-state index in [1.165, 1.54) is 4.40 Å². The fraction of sp³-hybridized carbons (Fsp3) is 0.364. The SMILES string of the molecule is CC1CC1NS(=O)(=O)c1c(N)nc2ccccn12. The summed E-state index contributed by atoms with van der Waals surface area (Å²) in [6.07, 6.45) is 2.51. The molecular weight excluding hydrogens is 252 g/mol. The molecule has 1 saturated carbocycles. The van der Waals surface area contributed by atoms with Crippen molar-refractivity contribution in [3.05, 3.63) is 24.4 Å². The minimum atomic E-state index is -3.62. The Morgan fingerprint density at radius 3 is 2.89 bits per heavy atom. The lowest BCUT2D eigenvalue weighted by Gasteiger charge is -2.06. The quantitative estimate of drug-likeness (QED) is 0.851. The number of fused-ring (bicyclic) bond motifs is 1. The van der Waals surface area contributed by atoms with E-state index in [4.69, 9.17) is 5.73 Å². The molecule has 0 spiro atoms. The lowest BCUT2D eigenvalue weighted by Crippen LogP contribution is -2.28. The second kappa shape index (κ2) is 3.69. The summed E-state index contributed by atoms with van der Waals surface area (Å²) in [5.74, 6) is 0.419. The van der Waals surface area contributed by atoms with Crippen LogP contribution in [-0.4, -0.2) is 23.8 Å². The predicted molar refractivity (Wildman–Crippen MR) is 67.5 cm³/mol. The van der Waals surface area contributed by atoms with Crippen molar-refractivity contribution in [3.8, 4) is 0 Å². The molecule has 2 unspecified atom stereocenters. The summed E-state index contributed by atoms with van der Waals surface area (Å²) in [4.78, 5) is 4.05. The van der Waals surface area contributed by atoms with E-state index < -0.39 is 10.0 Å². The van der Waals surface area contributed by atoms with E-state index in [1.54, 1.807) is 24.4 Å². The molecule has 0 amide bonds. The lowest BCUT2D eigenvalue weighted by atomic mass is 10.5. The normalized spacial score (nSPS) is 23.4. The summed E-state index contributed by atoms with van der Waals surface area (Å²) in [5, 5.41) is 0.0252. The second-order valence-electron chi connectivity index (χ2n) is 4.67. The molecule has 96 valence electrons. The zero-order chi connectivity index (χ0) is 12.9. The molecule has 7 heteroatoms. The number of sulfonamides is 1. The number of nitrogens with zero attached hydrogens (tertiary/aromatic N) is 2.